The van der Waals surface area contributed by atoms with Crippen molar-refractivity contribution < 1.29 is 14.7 Å². The molecule has 3 heterocycles. The van der Waals surface area contributed by atoms with E-state index in [1.54, 1.807) is 6.20 Å². The van der Waals surface area contributed by atoms with Crippen molar-refractivity contribution in [3.8, 4) is 0 Å². The van der Waals surface area contributed by atoms with Gasteiger partial charge in [0.1, 0.15) is 5.82 Å². The molecule has 2 saturated heterocycles. The summed E-state index contributed by atoms with van der Waals surface area (Å²) in [7, 11) is 0. The molecule has 2 amide bonds. The minimum atomic E-state index is -0.301. The van der Waals surface area contributed by atoms with E-state index in [9.17, 15) is 14.7 Å². The first-order valence-electron chi connectivity index (χ1n) is 11.0. The third kappa shape index (κ3) is 4.10. The smallest absolute Gasteiger partial charge is 0.230 e. The predicted molar refractivity (Wildman–Crippen MR) is 112 cm³/mol. The highest BCUT2D eigenvalue weighted by Crippen LogP contribution is 2.43. The van der Waals surface area contributed by atoms with Crippen LogP contribution in [0.1, 0.15) is 58.3 Å². The van der Waals surface area contributed by atoms with Gasteiger partial charge in [-0.15, -0.1) is 0 Å². The minimum Gasteiger partial charge on any atom is -0.393 e. The third-order valence-electron chi connectivity index (χ3n) is 6.91. The number of nitrogens with one attached hydrogen (secondary N) is 1. The lowest BCUT2D eigenvalue weighted by molar-refractivity contribution is -0.139. The molecule has 1 spiro atoms. The fourth-order valence-electron chi connectivity index (χ4n) is 5.17. The van der Waals surface area contributed by atoms with Gasteiger partial charge in [0, 0.05) is 32.1 Å². The molecule has 1 atom stereocenters. The Bertz CT molecular complexity index is 745. The van der Waals surface area contributed by atoms with E-state index in [2.05, 4.69) is 20.1 Å². The summed E-state index contributed by atoms with van der Waals surface area (Å²) in [5, 5.41) is 12.6. The molecule has 2 aliphatic heterocycles. The van der Waals surface area contributed by atoms with E-state index in [1.165, 1.54) is 0 Å². The highest BCUT2D eigenvalue weighted by molar-refractivity contribution is 5.90. The first-order valence-corrected chi connectivity index (χ1v) is 11.0. The van der Waals surface area contributed by atoms with Crippen molar-refractivity contribution in [2.75, 3.05) is 29.9 Å². The molecule has 0 aromatic carbocycles. The number of carbonyl (C=O) groups excluding carboxylic acids is 2. The molecular formula is C22H32N4O3. The Balaban J connectivity index is 1.43. The number of hydrogen-bond donors (Lipinski definition) is 2. The summed E-state index contributed by atoms with van der Waals surface area (Å²) >= 11 is 0. The molecule has 3 aliphatic rings. The van der Waals surface area contributed by atoms with Gasteiger partial charge in [-0.05, 0) is 57.1 Å². The van der Waals surface area contributed by atoms with Crippen LogP contribution < -0.4 is 10.2 Å². The molecule has 3 fully saturated rings. The van der Waals surface area contributed by atoms with E-state index in [0.29, 0.717) is 30.6 Å². The van der Waals surface area contributed by atoms with Gasteiger partial charge in [-0.25, -0.2) is 4.98 Å². The van der Waals surface area contributed by atoms with Crippen LogP contribution in [0.4, 0.5) is 11.5 Å². The summed E-state index contributed by atoms with van der Waals surface area (Å²) in [5.41, 5.74) is 0.403. The number of likely N-dealkylation sites (tertiary alicyclic amines) is 1. The van der Waals surface area contributed by atoms with Crippen molar-refractivity contribution in [3.05, 3.63) is 18.3 Å². The average molecular weight is 401 g/mol. The van der Waals surface area contributed by atoms with E-state index >= 15 is 0 Å². The molecule has 2 N–H and O–H groups in total. The SMILES string of the molecule is CCC(=O)Nc1ccc(N2CCCC3(CCN(C4CCC(O)CC4)C3=O)C2)nc1. The normalized spacial score (nSPS) is 30.1. The van der Waals surface area contributed by atoms with Crippen LogP contribution >= 0.6 is 0 Å². The topological polar surface area (TPSA) is 85.8 Å². The van der Waals surface area contributed by atoms with Crippen LogP contribution in [0.25, 0.3) is 0 Å². The van der Waals surface area contributed by atoms with Crippen molar-refractivity contribution >= 4 is 23.3 Å². The number of pyridine rings is 1. The standard InChI is InChI=1S/C22H32N4O3/c1-2-20(28)24-16-4-9-19(23-14-16)25-12-3-10-22(15-25)11-13-26(21(22)29)17-5-7-18(27)8-6-17/h4,9,14,17-18,27H,2-3,5-8,10-13,15H2,1H3,(H,24,28). The number of nitrogens with zero attached hydrogens (tertiary/aromatic N) is 3. The summed E-state index contributed by atoms with van der Waals surface area (Å²) in [6, 6.07) is 4.11. The van der Waals surface area contributed by atoms with Crippen molar-refractivity contribution in [1.82, 2.24) is 9.88 Å². The molecule has 1 aromatic rings. The van der Waals surface area contributed by atoms with Crippen molar-refractivity contribution in [2.24, 2.45) is 5.41 Å². The third-order valence-corrected chi connectivity index (χ3v) is 6.91. The quantitative estimate of drug-likeness (QED) is 0.811. The number of carbonyl (C=O) groups is 2. The summed E-state index contributed by atoms with van der Waals surface area (Å²) < 4.78 is 0. The highest BCUT2D eigenvalue weighted by atomic mass is 16.3. The number of anilines is 2. The largest absolute Gasteiger partial charge is 0.393 e. The molecule has 158 valence electrons. The number of aliphatic hydroxyl groups is 1. The van der Waals surface area contributed by atoms with Crippen LogP contribution in [-0.2, 0) is 9.59 Å². The molecule has 0 bridgehead atoms. The van der Waals surface area contributed by atoms with E-state index in [0.717, 1.165) is 63.9 Å². The van der Waals surface area contributed by atoms with Gasteiger partial charge >= 0.3 is 0 Å². The van der Waals surface area contributed by atoms with Gasteiger partial charge in [0.15, 0.2) is 0 Å². The number of amides is 2. The van der Waals surface area contributed by atoms with Crippen LogP contribution in [-0.4, -0.2) is 58.6 Å². The molecule has 29 heavy (non-hydrogen) atoms. The Hall–Kier alpha value is -2.15. The molecule has 1 saturated carbocycles. The number of piperidine rings is 1. The molecule has 1 unspecified atom stereocenters. The Kier molecular flexibility index (Phi) is 5.76. The molecule has 4 rings (SSSR count). The summed E-state index contributed by atoms with van der Waals surface area (Å²) in [6.07, 6.45) is 8.22. The van der Waals surface area contributed by atoms with Gasteiger partial charge in [-0.3, -0.25) is 9.59 Å². The lowest BCUT2D eigenvalue weighted by atomic mass is 9.78. The maximum atomic E-state index is 13.4. The van der Waals surface area contributed by atoms with Crippen LogP contribution in [0.3, 0.4) is 0 Å². The number of hydrogen-bond acceptors (Lipinski definition) is 5. The zero-order chi connectivity index (χ0) is 20.4. The lowest BCUT2D eigenvalue weighted by Gasteiger charge is -2.41. The number of rotatable bonds is 4. The average Bonchev–Trinajstić information content (AvgIpc) is 3.04. The summed E-state index contributed by atoms with van der Waals surface area (Å²) in [4.78, 5) is 33.8. The van der Waals surface area contributed by atoms with Crippen molar-refractivity contribution in [2.45, 2.75) is 70.4 Å². The van der Waals surface area contributed by atoms with Gasteiger partial charge in [0.25, 0.3) is 0 Å². The van der Waals surface area contributed by atoms with E-state index < -0.39 is 0 Å². The monoisotopic (exact) mass is 400 g/mol. The van der Waals surface area contributed by atoms with Gasteiger partial charge < -0.3 is 20.2 Å². The maximum Gasteiger partial charge on any atom is 0.230 e. The Labute approximate surface area is 172 Å². The molecule has 0 radical (unpaired) electrons. The second-order valence-corrected chi connectivity index (χ2v) is 8.82. The van der Waals surface area contributed by atoms with E-state index in [4.69, 9.17) is 0 Å². The van der Waals surface area contributed by atoms with E-state index in [1.807, 2.05) is 19.1 Å². The first kappa shape index (κ1) is 20.1. The maximum absolute atomic E-state index is 13.4. The Morgan fingerprint density at radius 1 is 1.24 bits per heavy atom. The fourth-order valence-corrected chi connectivity index (χ4v) is 5.17. The number of aromatic nitrogens is 1. The zero-order valence-corrected chi connectivity index (χ0v) is 17.3. The second kappa shape index (κ2) is 8.30. The molecule has 7 nitrogen and oxygen atoms in total. The summed E-state index contributed by atoms with van der Waals surface area (Å²) in [6.45, 7) is 4.27. The first-order chi connectivity index (χ1) is 14.0. The van der Waals surface area contributed by atoms with Crippen molar-refractivity contribution in [3.63, 3.8) is 0 Å². The Morgan fingerprint density at radius 3 is 2.72 bits per heavy atom. The van der Waals surface area contributed by atoms with Crippen LogP contribution in [0.15, 0.2) is 18.3 Å². The fraction of sp³-hybridized carbons (Fsp3) is 0.682. The molecular weight excluding hydrogens is 368 g/mol. The van der Waals surface area contributed by atoms with Gasteiger partial charge in [-0.2, -0.15) is 0 Å². The molecule has 1 aliphatic carbocycles. The lowest BCUT2D eigenvalue weighted by Crippen LogP contribution is -2.50. The molecule has 1 aromatic heterocycles. The summed E-state index contributed by atoms with van der Waals surface area (Å²) in [5.74, 6) is 1.14. The van der Waals surface area contributed by atoms with Gasteiger partial charge in [-0.1, -0.05) is 6.92 Å². The minimum absolute atomic E-state index is 0.0247. The van der Waals surface area contributed by atoms with Crippen LogP contribution in [0.5, 0.6) is 0 Å². The van der Waals surface area contributed by atoms with Gasteiger partial charge in [0.05, 0.1) is 23.4 Å². The van der Waals surface area contributed by atoms with Gasteiger partial charge in [0.2, 0.25) is 11.8 Å². The molecule has 7 heteroatoms. The van der Waals surface area contributed by atoms with Crippen LogP contribution in [0, 0.1) is 5.41 Å². The van der Waals surface area contributed by atoms with E-state index in [-0.39, 0.29) is 17.4 Å². The zero-order valence-electron chi connectivity index (χ0n) is 17.3. The second-order valence-electron chi connectivity index (χ2n) is 8.82. The number of aliphatic hydroxyl groups excluding tert-OH is 1. The van der Waals surface area contributed by atoms with Crippen molar-refractivity contribution in [1.29, 1.82) is 0 Å². The van der Waals surface area contributed by atoms with Crippen LogP contribution in [0.2, 0.25) is 0 Å². The predicted octanol–water partition coefficient (Wildman–Crippen LogP) is 2.55. The Morgan fingerprint density at radius 2 is 2.03 bits per heavy atom. The highest BCUT2D eigenvalue weighted by Gasteiger charge is 2.50.